The Morgan fingerprint density at radius 3 is 2.71 bits per heavy atom. The Morgan fingerprint density at radius 2 is 2.18 bits per heavy atom. The molecule has 0 atom stereocenters. The third kappa shape index (κ3) is 3.64. The van der Waals surface area contributed by atoms with Crippen LogP contribution in [0.5, 0.6) is 5.75 Å². The van der Waals surface area contributed by atoms with Gasteiger partial charge in [-0.15, -0.1) is 0 Å². The molecule has 17 heavy (non-hydrogen) atoms. The highest BCUT2D eigenvalue weighted by Crippen LogP contribution is 2.28. The minimum Gasteiger partial charge on any atom is -0.495 e. The summed E-state index contributed by atoms with van der Waals surface area (Å²) in [5.41, 5.74) is 6.96. The number of methoxy groups -OCH3 is 1. The summed E-state index contributed by atoms with van der Waals surface area (Å²) in [4.78, 5) is 11.5. The van der Waals surface area contributed by atoms with E-state index in [4.69, 9.17) is 15.2 Å². The van der Waals surface area contributed by atoms with Crippen LogP contribution in [-0.4, -0.2) is 19.3 Å². The Morgan fingerprint density at radius 1 is 1.47 bits per heavy atom. The molecule has 0 radical (unpaired) electrons. The number of benzene rings is 1. The fraction of sp³-hybridized carbons (Fsp3) is 0.417. The largest absolute Gasteiger partial charge is 0.495 e. The molecule has 1 aromatic carbocycles. The van der Waals surface area contributed by atoms with E-state index in [1.54, 1.807) is 19.9 Å². The number of ether oxygens (including phenoxy) is 2. The molecule has 0 aliphatic carbocycles. The van der Waals surface area contributed by atoms with Gasteiger partial charge < -0.3 is 15.2 Å². The van der Waals surface area contributed by atoms with E-state index < -0.39 is 6.09 Å². The van der Waals surface area contributed by atoms with E-state index in [9.17, 15) is 4.79 Å². The number of carbonyl (C=O) groups is 1. The standard InChI is InChI=1S/C12H18N2O3/c1-8(2)17-12(15)14-11-9(7-13)5-4-6-10(11)16-3/h4-6,8H,7,13H2,1-3H3,(H,14,15). The maximum Gasteiger partial charge on any atom is 0.411 e. The van der Waals surface area contributed by atoms with Crippen LogP contribution in [0.1, 0.15) is 19.4 Å². The molecule has 1 aromatic rings. The molecule has 0 saturated heterocycles. The van der Waals surface area contributed by atoms with Crippen LogP contribution < -0.4 is 15.8 Å². The zero-order chi connectivity index (χ0) is 12.8. The van der Waals surface area contributed by atoms with Gasteiger partial charge in [0.2, 0.25) is 0 Å². The summed E-state index contributed by atoms with van der Waals surface area (Å²) in [5.74, 6) is 0.564. The highest BCUT2D eigenvalue weighted by molar-refractivity contribution is 5.88. The van der Waals surface area contributed by atoms with Gasteiger partial charge in [0, 0.05) is 6.54 Å². The summed E-state index contributed by atoms with van der Waals surface area (Å²) in [6.07, 6.45) is -0.690. The smallest absolute Gasteiger partial charge is 0.411 e. The van der Waals surface area contributed by atoms with Crippen molar-refractivity contribution in [3.05, 3.63) is 23.8 Å². The average molecular weight is 238 g/mol. The molecule has 5 nitrogen and oxygen atoms in total. The summed E-state index contributed by atoms with van der Waals surface area (Å²) < 4.78 is 10.2. The van der Waals surface area contributed by atoms with Gasteiger partial charge in [-0.05, 0) is 25.5 Å². The highest BCUT2D eigenvalue weighted by atomic mass is 16.6. The Hall–Kier alpha value is -1.75. The van der Waals surface area contributed by atoms with Gasteiger partial charge in [0.15, 0.2) is 0 Å². The summed E-state index contributed by atoms with van der Waals surface area (Å²) in [6.45, 7) is 3.88. The second-order valence-electron chi connectivity index (χ2n) is 3.78. The molecule has 0 unspecified atom stereocenters. The molecule has 0 bridgehead atoms. The molecule has 1 rings (SSSR count). The predicted molar refractivity (Wildman–Crippen MR) is 66.1 cm³/mol. The predicted octanol–water partition coefficient (Wildman–Crippen LogP) is 2.11. The number of amides is 1. The molecule has 5 heteroatoms. The first kappa shape index (κ1) is 13.3. The molecule has 0 fully saturated rings. The lowest BCUT2D eigenvalue weighted by Gasteiger charge is -2.15. The summed E-state index contributed by atoms with van der Waals surface area (Å²) >= 11 is 0. The molecule has 94 valence electrons. The van der Waals surface area contributed by atoms with Crippen molar-refractivity contribution in [3.63, 3.8) is 0 Å². The summed E-state index contributed by atoms with van der Waals surface area (Å²) in [5, 5.41) is 2.65. The first-order valence-electron chi connectivity index (χ1n) is 5.42. The minimum absolute atomic E-state index is 0.175. The number of nitrogens with one attached hydrogen (secondary N) is 1. The number of hydrogen-bond acceptors (Lipinski definition) is 4. The molecule has 0 aliphatic heterocycles. The van der Waals surface area contributed by atoms with Gasteiger partial charge in [-0.2, -0.15) is 0 Å². The molecule has 0 saturated carbocycles. The van der Waals surface area contributed by atoms with Crippen molar-refractivity contribution in [3.8, 4) is 5.75 Å². The second-order valence-corrected chi connectivity index (χ2v) is 3.78. The molecule has 3 N–H and O–H groups in total. The van der Waals surface area contributed by atoms with E-state index in [-0.39, 0.29) is 6.10 Å². The van der Waals surface area contributed by atoms with Gasteiger partial charge in [0.1, 0.15) is 5.75 Å². The molecular weight excluding hydrogens is 220 g/mol. The number of hydrogen-bond donors (Lipinski definition) is 2. The van der Waals surface area contributed by atoms with Crippen molar-refractivity contribution in [2.24, 2.45) is 5.73 Å². The van der Waals surface area contributed by atoms with Crippen LogP contribution in [0.4, 0.5) is 10.5 Å². The van der Waals surface area contributed by atoms with Gasteiger partial charge in [0.05, 0.1) is 18.9 Å². The molecular formula is C12H18N2O3. The summed E-state index contributed by atoms with van der Waals surface area (Å²) in [7, 11) is 1.54. The average Bonchev–Trinajstić information content (AvgIpc) is 2.28. The van der Waals surface area contributed by atoms with E-state index in [0.717, 1.165) is 5.56 Å². The molecule has 0 heterocycles. The van der Waals surface area contributed by atoms with Crippen LogP contribution in [-0.2, 0) is 11.3 Å². The lowest BCUT2D eigenvalue weighted by atomic mass is 10.1. The third-order valence-corrected chi connectivity index (χ3v) is 2.12. The van der Waals surface area contributed by atoms with Gasteiger partial charge in [-0.25, -0.2) is 4.79 Å². The van der Waals surface area contributed by atoms with Gasteiger partial charge in [-0.1, -0.05) is 12.1 Å². The van der Waals surface area contributed by atoms with E-state index in [1.807, 2.05) is 12.1 Å². The number of nitrogens with two attached hydrogens (primary N) is 1. The van der Waals surface area contributed by atoms with Crippen molar-refractivity contribution in [1.82, 2.24) is 0 Å². The van der Waals surface area contributed by atoms with E-state index in [0.29, 0.717) is 18.0 Å². The molecule has 1 amide bonds. The fourth-order valence-electron chi connectivity index (χ4n) is 1.40. The Balaban J connectivity index is 2.91. The van der Waals surface area contributed by atoms with E-state index >= 15 is 0 Å². The minimum atomic E-state index is -0.515. The van der Waals surface area contributed by atoms with Crippen molar-refractivity contribution < 1.29 is 14.3 Å². The van der Waals surface area contributed by atoms with Crippen LogP contribution in [0.3, 0.4) is 0 Å². The number of carbonyl (C=O) groups excluding carboxylic acids is 1. The van der Waals surface area contributed by atoms with Crippen LogP contribution in [0.2, 0.25) is 0 Å². The lowest BCUT2D eigenvalue weighted by molar-refractivity contribution is 0.130. The van der Waals surface area contributed by atoms with Crippen LogP contribution in [0.15, 0.2) is 18.2 Å². The fourth-order valence-corrected chi connectivity index (χ4v) is 1.40. The van der Waals surface area contributed by atoms with Gasteiger partial charge in [-0.3, -0.25) is 5.32 Å². The normalized spacial score (nSPS) is 10.2. The van der Waals surface area contributed by atoms with Gasteiger partial charge >= 0.3 is 6.09 Å². The monoisotopic (exact) mass is 238 g/mol. The molecule has 0 spiro atoms. The van der Waals surface area contributed by atoms with Crippen molar-refractivity contribution in [2.45, 2.75) is 26.5 Å². The lowest BCUT2D eigenvalue weighted by Crippen LogP contribution is -2.19. The molecule has 0 aliphatic rings. The van der Waals surface area contributed by atoms with Crippen LogP contribution in [0.25, 0.3) is 0 Å². The third-order valence-electron chi connectivity index (χ3n) is 2.12. The van der Waals surface area contributed by atoms with E-state index in [1.165, 1.54) is 7.11 Å². The first-order valence-corrected chi connectivity index (χ1v) is 5.42. The zero-order valence-electron chi connectivity index (χ0n) is 10.3. The topological polar surface area (TPSA) is 73.6 Å². The Bertz CT molecular complexity index is 369. The van der Waals surface area contributed by atoms with Gasteiger partial charge in [0.25, 0.3) is 0 Å². The zero-order valence-corrected chi connectivity index (χ0v) is 10.3. The quantitative estimate of drug-likeness (QED) is 0.842. The number of anilines is 1. The van der Waals surface area contributed by atoms with Crippen molar-refractivity contribution in [1.29, 1.82) is 0 Å². The maximum atomic E-state index is 11.5. The van der Waals surface area contributed by atoms with Crippen molar-refractivity contribution in [2.75, 3.05) is 12.4 Å². The Kier molecular flexibility index (Phi) is 4.78. The van der Waals surface area contributed by atoms with Crippen LogP contribution in [0, 0.1) is 0 Å². The SMILES string of the molecule is COc1cccc(CN)c1NC(=O)OC(C)C. The molecule has 0 aromatic heterocycles. The van der Waals surface area contributed by atoms with Crippen LogP contribution >= 0.6 is 0 Å². The van der Waals surface area contributed by atoms with E-state index in [2.05, 4.69) is 5.32 Å². The first-order chi connectivity index (χ1) is 8.08. The Labute approximate surface area is 101 Å². The number of rotatable bonds is 4. The summed E-state index contributed by atoms with van der Waals surface area (Å²) in [6, 6.07) is 5.40. The highest BCUT2D eigenvalue weighted by Gasteiger charge is 2.12. The van der Waals surface area contributed by atoms with Crippen molar-refractivity contribution >= 4 is 11.8 Å². The second kappa shape index (κ2) is 6.10. The maximum absolute atomic E-state index is 11.5. The number of para-hydroxylation sites is 1.